The highest BCUT2D eigenvalue weighted by molar-refractivity contribution is 7.17. The van der Waals surface area contributed by atoms with Gasteiger partial charge in [-0.1, -0.05) is 0 Å². The molecule has 5 nitrogen and oxygen atoms in total. The van der Waals surface area contributed by atoms with Crippen molar-refractivity contribution in [2.75, 3.05) is 7.11 Å². The van der Waals surface area contributed by atoms with Crippen molar-refractivity contribution in [1.29, 1.82) is 0 Å². The van der Waals surface area contributed by atoms with Gasteiger partial charge in [0.05, 0.1) is 29.6 Å². The molecule has 0 aromatic carbocycles. The van der Waals surface area contributed by atoms with E-state index in [4.69, 9.17) is 10.6 Å². The topological polar surface area (TPSA) is 73.1 Å². The fourth-order valence-electron chi connectivity index (χ4n) is 2.11. The summed E-state index contributed by atoms with van der Waals surface area (Å²) in [7, 11) is 1.62. The van der Waals surface area contributed by atoms with Gasteiger partial charge in [-0.15, -0.1) is 11.3 Å². The van der Waals surface area contributed by atoms with Gasteiger partial charge < -0.3 is 4.74 Å². The Hall–Kier alpha value is -2.02. The molecule has 0 bridgehead atoms. The van der Waals surface area contributed by atoms with Gasteiger partial charge in [-0.3, -0.25) is 15.8 Å². The lowest BCUT2D eigenvalue weighted by Crippen LogP contribution is -2.29. The van der Waals surface area contributed by atoms with E-state index >= 15 is 0 Å². The highest BCUT2D eigenvalue weighted by Gasteiger charge is 2.15. The number of nitrogens with zero attached hydrogens (tertiary/aromatic N) is 2. The first kappa shape index (κ1) is 13.0. The number of hydrogen-bond acceptors (Lipinski definition) is 6. The summed E-state index contributed by atoms with van der Waals surface area (Å²) in [5.74, 6) is 6.41. The molecule has 0 aliphatic carbocycles. The van der Waals surface area contributed by atoms with Crippen LogP contribution in [0.15, 0.2) is 42.2 Å². The van der Waals surface area contributed by atoms with Gasteiger partial charge in [0.1, 0.15) is 5.75 Å². The Morgan fingerprint density at radius 1 is 1.25 bits per heavy atom. The van der Waals surface area contributed by atoms with Crippen LogP contribution in [-0.2, 0) is 0 Å². The highest BCUT2D eigenvalue weighted by atomic mass is 32.1. The van der Waals surface area contributed by atoms with E-state index in [1.165, 1.54) is 0 Å². The number of nitrogens with one attached hydrogen (secondary N) is 1. The van der Waals surface area contributed by atoms with Crippen molar-refractivity contribution in [3.63, 3.8) is 0 Å². The van der Waals surface area contributed by atoms with Crippen LogP contribution < -0.4 is 16.0 Å². The van der Waals surface area contributed by atoms with E-state index in [9.17, 15) is 0 Å². The molecular formula is C14H14N4OS. The molecule has 1 unspecified atom stereocenters. The van der Waals surface area contributed by atoms with E-state index in [0.717, 1.165) is 21.3 Å². The number of hydrogen-bond donors (Lipinski definition) is 2. The first-order valence-electron chi connectivity index (χ1n) is 6.10. The first-order valence-corrected chi connectivity index (χ1v) is 6.98. The smallest absolute Gasteiger partial charge is 0.137 e. The molecule has 1 atom stereocenters. The average molecular weight is 286 g/mol. The molecular weight excluding hydrogens is 272 g/mol. The van der Waals surface area contributed by atoms with Crippen molar-refractivity contribution in [2.45, 2.75) is 6.04 Å². The maximum atomic E-state index is 5.70. The van der Waals surface area contributed by atoms with Crippen LogP contribution in [0.1, 0.15) is 17.2 Å². The molecule has 6 heteroatoms. The van der Waals surface area contributed by atoms with Crippen LogP contribution in [-0.4, -0.2) is 17.1 Å². The van der Waals surface area contributed by atoms with E-state index in [1.54, 1.807) is 30.8 Å². The molecule has 3 heterocycles. The van der Waals surface area contributed by atoms with Crippen molar-refractivity contribution < 1.29 is 4.74 Å². The monoisotopic (exact) mass is 286 g/mol. The summed E-state index contributed by atoms with van der Waals surface area (Å²) in [5.41, 5.74) is 5.74. The van der Waals surface area contributed by atoms with Gasteiger partial charge in [0, 0.05) is 12.4 Å². The normalized spacial score (nSPS) is 12.5. The lowest BCUT2D eigenvalue weighted by Gasteiger charge is -2.16. The Morgan fingerprint density at radius 2 is 2.10 bits per heavy atom. The summed E-state index contributed by atoms with van der Waals surface area (Å²) < 4.78 is 6.34. The number of fused-ring (bicyclic) bond motifs is 1. The molecule has 3 aromatic heterocycles. The number of hydrazine groups is 1. The second-order valence-corrected chi connectivity index (χ2v) is 5.28. The van der Waals surface area contributed by atoms with Crippen molar-refractivity contribution >= 4 is 21.6 Å². The number of nitrogens with two attached hydrogens (primary N) is 1. The molecule has 0 saturated heterocycles. The van der Waals surface area contributed by atoms with Crippen molar-refractivity contribution in [3.05, 3.63) is 53.3 Å². The third-order valence-electron chi connectivity index (χ3n) is 3.13. The largest absolute Gasteiger partial charge is 0.495 e. The predicted molar refractivity (Wildman–Crippen MR) is 79.6 cm³/mol. The van der Waals surface area contributed by atoms with Crippen LogP contribution in [0.25, 0.3) is 10.2 Å². The number of methoxy groups -OCH3 is 1. The van der Waals surface area contributed by atoms with E-state index < -0.39 is 0 Å². The van der Waals surface area contributed by atoms with Crippen LogP contribution in [0.4, 0.5) is 0 Å². The molecule has 20 heavy (non-hydrogen) atoms. The van der Waals surface area contributed by atoms with Crippen LogP contribution in [0, 0.1) is 0 Å². The molecule has 0 spiro atoms. The zero-order valence-electron chi connectivity index (χ0n) is 10.9. The predicted octanol–water partition coefficient (Wildman–Crippen LogP) is 2.25. The summed E-state index contributed by atoms with van der Waals surface area (Å²) in [5, 5.41) is 2.03. The summed E-state index contributed by atoms with van der Waals surface area (Å²) in [6.07, 6.45) is 5.27. The zero-order valence-corrected chi connectivity index (χ0v) is 11.7. The fraction of sp³-hybridized carbons (Fsp3) is 0.143. The maximum Gasteiger partial charge on any atom is 0.137 e. The van der Waals surface area contributed by atoms with Gasteiger partial charge in [0.25, 0.3) is 0 Å². The summed E-state index contributed by atoms with van der Waals surface area (Å²) in [6.45, 7) is 0. The van der Waals surface area contributed by atoms with Crippen molar-refractivity contribution in [3.8, 4) is 5.75 Å². The van der Waals surface area contributed by atoms with Gasteiger partial charge in [-0.05, 0) is 34.7 Å². The second kappa shape index (κ2) is 5.54. The number of thiophene rings is 1. The molecule has 0 aliphatic rings. The van der Waals surface area contributed by atoms with Gasteiger partial charge >= 0.3 is 0 Å². The second-order valence-electron chi connectivity index (χ2n) is 4.33. The van der Waals surface area contributed by atoms with Crippen LogP contribution >= 0.6 is 11.3 Å². The van der Waals surface area contributed by atoms with Gasteiger partial charge in [0.15, 0.2) is 0 Å². The van der Waals surface area contributed by atoms with Crippen molar-refractivity contribution in [2.24, 2.45) is 5.84 Å². The lowest BCUT2D eigenvalue weighted by atomic mass is 10.0. The summed E-state index contributed by atoms with van der Waals surface area (Å²) >= 11 is 1.66. The number of rotatable bonds is 4. The number of ether oxygens (including phenoxy) is 1. The standard InChI is InChI=1S/C14H14N4OS/c1-19-11-4-9(6-16-8-11)14(18-15)10-5-13-12(17-7-10)2-3-20-13/h2-8,14,18H,15H2,1H3. The molecule has 0 aliphatic heterocycles. The van der Waals surface area contributed by atoms with Gasteiger partial charge in [-0.2, -0.15) is 0 Å². The van der Waals surface area contributed by atoms with Crippen LogP contribution in [0.5, 0.6) is 5.75 Å². The Bertz CT molecular complexity index is 728. The minimum atomic E-state index is -0.170. The average Bonchev–Trinajstić information content (AvgIpc) is 2.96. The van der Waals surface area contributed by atoms with Gasteiger partial charge in [0.2, 0.25) is 0 Å². The minimum absolute atomic E-state index is 0.170. The first-order chi connectivity index (χ1) is 9.81. The van der Waals surface area contributed by atoms with Crippen LogP contribution in [0.2, 0.25) is 0 Å². The van der Waals surface area contributed by atoms with E-state index in [1.807, 2.05) is 23.7 Å². The van der Waals surface area contributed by atoms with E-state index in [2.05, 4.69) is 21.5 Å². The number of aromatic nitrogens is 2. The molecule has 0 fully saturated rings. The maximum absolute atomic E-state index is 5.70. The zero-order chi connectivity index (χ0) is 13.9. The molecule has 3 N–H and O–H groups in total. The molecule has 3 aromatic rings. The Labute approximate surface area is 120 Å². The third-order valence-corrected chi connectivity index (χ3v) is 3.98. The lowest BCUT2D eigenvalue weighted by molar-refractivity contribution is 0.411. The Morgan fingerprint density at radius 3 is 2.90 bits per heavy atom. The molecule has 3 rings (SSSR count). The summed E-state index contributed by atoms with van der Waals surface area (Å²) in [6, 6.07) is 5.84. The third kappa shape index (κ3) is 2.36. The summed E-state index contributed by atoms with van der Waals surface area (Å²) in [4.78, 5) is 8.61. The quantitative estimate of drug-likeness (QED) is 0.568. The number of pyridine rings is 2. The van der Waals surface area contributed by atoms with Crippen LogP contribution in [0.3, 0.4) is 0 Å². The molecule has 102 valence electrons. The SMILES string of the molecule is COc1cncc(C(NN)c2cnc3ccsc3c2)c1. The Kier molecular flexibility index (Phi) is 3.60. The molecule has 0 radical (unpaired) electrons. The molecule has 0 saturated carbocycles. The van der Waals surface area contributed by atoms with Gasteiger partial charge in [-0.25, -0.2) is 5.43 Å². The van der Waals surface area contributed by atoms with Crippen molar-refractivity contribution in [1.82, 2.24) is 15.4 Å². The fourth-order valence-corrected chi connectivity index (χ4v) is 2.90. The highest BCUT2D eigenvalue weighted by Crippen LogP contribution is 2.27. The van der Waals surface area contributed by atoms with E-state index in [-0.39, 0.29) is 6.04 Å². The van der Waals surface area contributed by atoms with E-state index in [0.29, 0.717) is 5.75 Å². The molecule has 0 amide bonds. The minimum Gasteiger partial charge on any atom is -0.495 e. The Balaban J connectivity index is 2.03.